The van der Waals surface area contributed by atoms with Crippen LogP contribution in [0.4, 0.5) is 4.39 Å². The fourth-order valence-electron chi connectivity index (χ4n) is 1.84. The Morgan fingerprint density at radius 1 is 1.00 bits per heavy atom. The molecule has 1 nitrogen and oxygen atoms in total. The average Bonchev–Trinajstić information content (AvgIpc) is 2.36. The zero-order valence-corrected chi connectivity index (χ0v) is 13.1. The molecule has 0 atom stereocenters. The first-order chi connectivity index (χ1) is 9.32. The molecule has 0 unspecified atom stereocenters. The summed E-state index contributed by atoms with van der Waals surface area (Å²) in [5, 5.41) is 0.562. The molecule has 0 radical (unpaired) electrons. The minimum absolute atomic E-state index is 0.0808. The fourth-order valence-corrected chi connectivity index (χ4v) is 2.96. The van der Waals surface area contributed by atoms with Crippen LogP contribution in [0.5, 0.6) is 0 Å². The number of halogens is 5. The van der Waals surface area contributed by atoms with Gasteiger partial charge in [0.1, 0.15) is 5.82 Å². The van der Waals surface area contributed by atoms with E-state index in [4.69, 9.17) is 46.4 Å². The van der Waals surface area contributed by atoms with E-state index in [9.17, 15) is 9.18 Å². The lowest BCUT2D eigenvalue weighted by atomic mass is 9.97. The Hall–Kier alpha value is -0.800. The van der Waals surface area contributed by atoms with Gasteiger partial charge in [-0.2, -0.15) is 0 Å². The highest BCUT2D eigenvalue weighted by atomic mass is 35.5. The highest BCUT2D eigenvalue weighted by molar-refractivity contribution is 6.51. The first-order valence-corrected chi connectivity index (χ1v) is 6.98. The molecular weight excluding hydrogens is 345 g/mol. The van der Waals surface area contributed by atoms with Crippen LogP contribution in [0, 0.1) is 5.82 Å². The molecule has 0 aliphatic heterocycles. The summed E-state index contributed by atoms with van der Waals surface area (Å²) in [5.41, 5.74) is 0.868. The van der Waals surface area contributed by atoms with Crippen molar-refractivity contribution in [3.63, 3.8) is 0 Å². The van der Waals surface area contributed by atoms with Crippen molar-refractivity contribution in [3.8, 4) is 11.1 Å². The van der Waals surface area contributed by atoms with Crippen LogP contribution in [-0.4, -0.2) is 5.78 Å². The van der Waals surface area contributed by atoms with Gasteiger partial charge in [-0.25, -0.2) is 4.39 Å². The number of Topliss-reactive ketones (excluding diaryl/α,β-unsaturated/α-hetero) is 1. The van der Waals surface area contributed by atoms with Crippen molar-refractivity contribution in [1.29, 1.82) is 0 Å². The number of carbonyl (C=O) groups excluding carboxylic acids is 1. The number of carbonyl (C=O) groups is 1. The zero-order valence-electron chi connectivity index (χ0n) is 10.1. The van der Waals surface area contributed by atoms with Crippen molar-refractivity contribution in [2.75, 3.05) is 0 Å². The summed E-state index contributed by atoms with van der Waals surface area (Å²) in [6.07, 6.45) is 0. The van der Waals surface area contributed by atoms with E-state index in [1.165, 1.54) is 31.2 Å². The van der Waals surface area contributed by atoms with Crippen LogP contribution < -0.4 is 0 Å². The predicted octanol–water partition coefficient (Wildman–Crippen LogP) is 6.31. The van der Waals surface area contributed by atoms with Gasteiger partial charge in [0.05, 0.1) is 20.1 Å². The quantitative estimate of drug-likeness (QED) is 0.352. The van der Waals surface area contributed by atoms with Gasteiger partial charge in [-0.1, -0.05) is 46.4 Å². The second kappa shape index (κ2) is 5.90. The van der Waals surface area contributed by atoms with Gasteiger partial charge in [-0.3, -0.25) is 4.79 Å². The van der Waals surface area contributed by atoms with E-state index >= 15 is 0 Å². The molecule has 0 fully saturated rings. The van der Waals surface area contributed by atoms with E-state index in [0.717, 1.165) is 0 Å². The van der Waals surface area contributed by atoms with Crippen molar-refractivity contribution < 1.29 is 9.18 Å². The van der Waals surface area contributed by atoms with Crippen molar-refractivity contribution in [3.05, 3.63) is 55.7 Å². The monoisotopic (exact) mass is 350 g/mol. The molecule has 0 amide bonds. The van der Waals surface area contributed by atoms with Crippen LogP contribution in [0.3, 0.4) is 0 Å². The molecule has 0 aromatic heterocycles. The third kappa shape index (κ3) is 2.79. The summed E-state index contributed by atoms with van der Waals surface area (Å²) in [5.74, 6) is -0.749. The lowest BCUT2D eigenvalue weighted by Gasteiger charge is -2.13. The van der Waals surface area contributed by atoms with Crippen molar-refractivity contribution in [2.45, 2.75) is 6.92 Å². The van der Waals surface area contributed by atoms with E-state index < -0.39 is 5.82 Å². The van der Waals surface area contributed by atoms with Gasteiger partial charge >= 0.3 is 0 Å². The second-order valence-electron chi connectivity index (χ2n) is 4.09. The third-order valence-corrected chi connectivity index (χ3v) is 4.30. The summed E-state index contributed by atoms with van der Waals surface area (Å²) in [7, 11) is 0. The Morgan fingerprint density at radius 3 is 2.25 bits per heavy atom. The maximum absolute atomic E-state index is 13.5. The highest BCUT2D eigenvalue weighted by Crippen LogP contribution is 2.44. The molecule has 6 heteroatoms. The Morgan fingerprint density at radius 2 is 1.65 bits per heavy atom. The van der Waals surface area contributed by atoms with Gasteiger partial charge in [-0.15, -0.1) is 0 Å². The lowest BCUT2D eigenvalue weighted by molar-refractivity contribution is 0.101. The molecule has 20 heavy (non-hydrogen) atoms. The number of ketones is 1. The van der Waals surface area contributed by atoms with Gasteiger partial charge in [-0.05, 0) is 36.8 Å². The zero-order chi connectivity index (χ0) is 15.0. The second-order valence-corrected chi connectivity index (χ2v) is 5.66. The van der Waals surface area contributed by atoms with Crippen LogP contribution in [0.15, 0.2) is 24.3 Å². The molecule has 0 N–H and O–H groups in total. The van der Waals surface area contributed by atoms with Crippen molar-refractivity contribution in [1.82, 2.24) is 0 Å². The van der Waals surface area contributed by atoms with Gasteiger partial charge < -0.3 is 0 Å². The fraction of sp³-hybridized carbons (Fsp3) is 0.0714. The SMILES string of the molecule is CC(=O)c1ccc(F)cc1-c1c(Cl)cc(Cl)c(Cl)c1Cl. The number of rotatable bonds is 2. The standard InChI is InChI=1S/C14H7Cl4FO/c1-6(20)8-3-2-7(19)4-9(8)12-10(15)5-11(16)13(17)14(12)18/h2-5H,1H3. The molecule has 0 heterocycles. The molecule has 0 aliphatic rings. The number of hydrogen-bond donors (Lipinski definition) is 0. The smallest absolute Gasteiger partial charge is 0.160 e. The molecule has 0 aliphatic carbocycles. The van der Waals surface area contributed by atoms with E-state index in [0.29, 0.717) is 5.56 Å². The molecule has 0 spiro atoms. The van der Waals surface area contributed by atoms with E-state index in [-0.39, 0.29) is 37.0 Å². The summed E-state index contributed by atoms with van der Waals surface area (Å²) < 4.78 is 13.5. The third-order valence-electron chi connectivity index (χ3n) is 2.74. The van der Waals surface area contributed by atoms with E-state index in [1.54, 1.807) is 0 Å². The molecule has 104 valence electrons. The maximum Gasteiger partial charge on any atom is 0.160 e. The molecule has 2 aromatic rings. The summed E-state index contributed by atoms with van der Waals surface area (Å²) in [6.45, 7) is 1.37. The lowest BCUT2D eigenvalue weighted by Crippen LogP contribution is -1.98. The summed E-state index contributed by atoms with van der Waals surface area (Å²) in [6, 6.07) is 5.16. The van der Waals surface area contributed by atoms with Crippen LogP contribution in [0.1, 0.15) is 17.3 Å². The van der Waals surface area contributed by atoms with Crippen LogP contribution in [0.25, 0.3) is 11.1 Å². The highest BCUT2D eigenvalue weighted by Gasteiger charge is 2.19. The van der Waals surface area contributed by atoms with Gasteiger partial charge in [0, 0.05) is 11.1 Å². The molecular formula is C14H7Cl4FO. The van der Waals surface area contributed by atoms with Gasteiger partial charge in [0.15, 0.2) is 5.78 Å². The molecule has 0 bridgehead atoms. The Bertz CT molecular complexity index is 713. The minimum Gasteiger partial charge on any atom is -0.294 e. The van der Waals surface area contributed by atoms with Crippen LogP contribution >= 0.6 is 46.4 Å². The van der Waals surface area contributed by atoms with Crippen molar-refractivity contribution >= 4 is 52.2 Å². The molecule has 2 aromatic carbocycles. The first-order valence-electron chi connectivity index (χ1n) is 5.46. The number of hydrogen-bond acceptors (Lipinski definition) is 1. The minimum atomic E-state index is -0.511. The Labute approximate surface area is 135 Å². The van der Waals surface area contributed by atoms with Crippen LogP contribution in [-0.2, 0) is 0 Å². The molecule has 2 rings (SSSR count). The topological polar surface area (TPSA) is 17.1 Å². The van der Waals surface area contributed by atoms with Gasteiger partial charge in [0.2, 0.25) is 0 Å². The maximum atomic E-state index is 13.5. The Balaban J connectivity index is 2.84. The summed E-state index contributed by atoms with van der Waals surface area (Å²) >= 11 is 24.1. The average molecular weight is 352 g/mol. The summed E-state index contributed by atoms with van der Waals surface area (Å²) in [4.78, 5) is 11.7. The van der Waals surface area contributed by atoms with Gasteiger partial charge in [0.25, 0.3) is 0 Å². The normalized spacial score (nSPS) is 10.7. The predicted molar refractivity (Wildman–Crippen MR) is 81.9 cm³/mol. The van der Waals surface area contributed by atoms with Crippen molar-refractivity contribution in [2.24, 2.45) is 0 Å². The first kappa shape index (κ1) is 15.6. The largest absolute Gasteiger partial charge is 0.294 e. The molecule has 0 saturated carbocycles. The van der Waals surface area contributed by atoms with E-state index in [2.05, 4.69) is 0 Å². The molecule has 0 saturated heterocycles. The Kier molecular flexibility index (Phi) is 4.60. The van der Waals surface area contributed by atoms with E-state index in [1.807, 2.05) is 0 Å². The van der Waals surface area contributed by atoms with Crippen LogP contribution in [0.2, 0.25) is 20.1 Å². The number of benzene rings is 2.